The van der Waals surface area contributed by atoms with Gasteiger partial charge in [0.25, 0.3) is 0 Å². The number of hydrogen-bond acceptors (Lipinski definition) is 5. The Morgan fingerprint density at radius 1 is 1.30 bits per heavy atom. The number of ether oxygens (including phenoxy) is 1. The van der Waals surface area contributed by atoms with Gasteiger partial charge in [0.15, 0.2) is 0 Å². The Balaban J connectivity index is 1.94. The summed E-state index contributed by atoms with van der Waals surface area (Å²) in [4.78, 5) is 11.1. The van der Waals surface area contributed by atoms with Crippen molar-refractivity contribution in [3.05, 3.63) is 41.1 Å². The van der Waals surface area contributed by atoms with Crippen LogP contribution in [0.4, 0.5) is 11.6 Å². The van der Waals surface area contributed by atoms with Gasteiger partial charge in [0.2, 0.25) is 11.8 Å². The molecule has 0 unspecified atom stereocenters. The van der Waals surface area contributed by atoms with E-state index in [1.54, 1.807) is 7.11 Å². The van der Waals surface area contributed by atoms with Crippen LogP contribution < -0.4 is 15.4 Å². The molecule has 1 aliphatic rings. The maximum atomic E-state index is 6.08. The zero-order valence-corrected chi connectivity index (χ0v) is 11.8. The Hall–Kier alpha value is -2.30. The van der Waals surface area contributed by atoms with Gasteiger partial charge in [0, 0.05) is 30.5 Å². The van der Waals surface area contributed by atoms with E-state index in [2.05, 4.69) is 20.9 Å². The van der Waals surface area contributed by atoms with E-state index in [4.69, 9.17) is 10.5 Å². The highest BCUT2D eigenvalue weighted by Gasteiger charge is 2.20. The van der Waals surface area contributed by atoms with Crippen molar-refractivity contribution >= 4 is 11.6 Å². The van der Waals surface area contributed by atoms with Gasteiger partial charge < -0.3 is 15.4 Å². The third kappa shape index (κ3) is 2.27. The highest BCUT2D eigenvalue weighted by atomic mass is 16.5. The second kappa shape index (κ2) is 5.00. The van der Waals surface area contributed by atoms with Crippen LogP contribution in [-0.2, 0) is 13.0 Å². The Labute approximate surface area is 118 Å². The fraction of sp³-hybridized carbons (Fsp3) is 0.333. The Morgan fingerprint density at radius 2 is 2.15 bits per heavy atom. The molecule has 0 saturated carbocycles. The van der Waals surface area contributed by atoms with E-state index in [0.29, 0.717) is 11.8 Å². The minimum Gasteiger partial charge on any atom is -0.481 e. The molecule has 5 nitrogen and oxygen atoms in total. The average Bonchev–Trinajstić information content (AvgIpc) is 2.46. The lowest BCUT2D eigenvalue weighted by atomic mass is 9.98. The number of nitrogens with two attached hydrogens (primary N) is 1. The van der Waals surface area contributed by atoms with Crippen LogP contribution in [0.1, 0.15) is 16.8 Å². The Bertz CT molecular complexity index is 642. The topological polar surface area (TPSA) is 64.3 Å². The van der Waals surface area contributed by atoms with E-state index >= 15 is 0 Å². The van der Waals surface area contributed by atoms with Gasteiger partial charge in [-0.05, 0) is 30.5 Å². The molecule has 20 heavy (non-hydrogen) atoms. The lowest BCUT2D eigenvalue weighted by molar-refractivity contribution is 0.396. The number of methoxy groups -OCH3 is 1. The molecule has 2 aromatic rings. The predicted octanol–water partition coefficient (Wildman–Crippen LogP) is 1.94. The van der Waals surface area contributed by atoms with Gasteiger partial charge in [0.1, 0.15) is 0 Å². The van der Waals surface area contributed by atoms with Crippen LogP contribution in [-0.4, -0.2) is 23.6 Å². The Kier molecular flexibility index (Phi) is 3.18. The van der Waals surface area contributed by atoms with Crippen LogP contribution in [0.2, 0.25) is 0 Å². The number of rotatable bonds is 2. The molecule has 1 aliphatic heterocycles. The van der Waals surface area contributed by atoms with Crippen LogP contribution in [0.25, 0.3) is 0 Å². The highest BCUT2D eigenvalue weighted by molar-refractivity contribution is 5.55. The minimum absolute atomic E-state index is 0.597. The maximum absolute atomic E-state index is 6.08. The first kappa shape index (κ1) is 12.7. The first-order valence-electron chi connectivity index (χ1n) is 6.68. The molecular formula is C15H18N4O. The van der Waals surface area contributed by atoms with Crippen LogP contribution in [0, 0.1) is 6.92 Å². The van der Waals surface area contributed by atoms with Crippen molar-refractivity contribution in [3.8, 4) is 5.88 Å². The third-order valence-electron chi connectivity index (χ3n) is 3.62. The van der Waals surface area contributed by atoms with Gasteiger partial charge in [-0.2, -0.15) is 4.98 Å². The summed E-state index contributed by atoms with van der Waals surface area (Å²) in [5.74, 6) is 1.30. The summed E-state index contributed by atoms with van der Waals surface area (Å²) in [6.07, 6.45) is 0.958. The van der Waals surface area contributed by atoms with Gasteiger partial charge in [-0.25, -0.2) is 4.98 Å². The molecule has 0 saturated heterocycles. The molecule has 1 aromatic heterocycles. The summed E-state index contributed by atoms with van der Waals surface area (Å²) in [6.45, 7) is 3.58. The monoisotopic (exact) mass is 270 g/mol. The number of anilines is 2. The lowest BCUT2D eigenvalue weighted by Gasteiger charge is -2.29. The van der Waals surface area contributed by atoms with Crippen molar-refractivity contribution in [1.29, 1.82) is 0 Å². The van der Waals surface area contributed by atoms with E-state index in [-0.39, 0.29) is 0 Å². The van der Waals surface area contributed by atoms with Crippen molar-refractivity contribution in [2.75, 3.05) is 24.3 Å². The smallest absolute Gasteiger partial charge is 0.229 e. The quantitative estimate of drug-likeness (QED) is 0.845. The number of benzene rings is 1. The van der Waals surface area contributed by atoms with E-state index in [1.165, 1.54) is 11.1 Å². The second-order valence-electron chi connectivity index (χ2n) is 5.01. The summed E-state index contributed by atoms with van der Waals surface area (Å²) in [5, 5.41) is 0. The van der Waals surface area contributed by atoms with E-state index in [1.807, 2.05) is 25.1 Å². The summed E-state index contributed by atoms with van der Waals surface area (Å²) >= 11 is 0. The predicted molar refractivity (Wildman–Crippen MR) is 78.9 cm³/mol. The molecule has 0 spiro atoms. The lowest BCUT2D eigenvalue weighted by Crippen LogP contribution is -2.32. The molecule has 2 N–H and O–H groups in total. The van der Waals surface area contributed by atoms with Crippen LogP contribution in [0.15, 0.2) is 24.3 Å². The van der Waals surface area contributed by atoms with Gasteiger partial charge in [-0.3, -0.25) is 0 Å². The zero-order valence-electron chi connectivity index (χ0n) is 11.8. The number of nitrogen functional groups attached to an aromatic ring is 1. The SMILES string of the molecule is COc1cc(C)nc(N2CCc3cccc(N)c3C2)n1. The fourth-order valence-electron chi connectivity index (χ4n) is 2.55. The number of aromatic nitrogens is 2. The standard InChI is InChI=1S/C15H18N4O/c1-10-8-14(20-2)18-15(17-10)19-7-6-11-4-3-5-13(16)12(11)9-19/h3-5,8H,6-7,9,16H2,1-2H3. The molecule has 104 valence electrons. The number of hydrogen-bond donors (Lipinski definition) is 1. The zero-order chi connectivity index (χ0) is 14.1. The normalized spacial score (nSPS) is 14.0. The number of aryl methyl sites for hydroxylation is 1. The van der Waals surface area contributed by atoms with Crippen molar-refractivity contribution < 1.29 is 4.74 Å². The molecule has 3 rings (SSSR count). The largest absolute Gasteiger partial charge is 0.481 e. The van der Waals surface area contributed by atoms with Crippen LogP contribution in [0.5, 0.6) is 5.88 Å². The third-order valence-corrected chi connectivity index (χ3v) is 3.62. The van der Waals surface area contributed by atoms with Crippen molar-refractivity contribution in [2.24, 2.45) is 0 Å². The van der Waals surface area contributed by atoms with Gasteiger partial charge in [-0.1, -0.05) is 12.1 Å². The highest BCUT2D eigenvalue weighted by Crippen LogP contribution is 2.27. The summed E-state index contributed by atoms with van der Waals surface area (Å²) in [5.41, 5.74) is 10.3. The van der Waals surface area contributed by atoms with E-state index in [0.717, 1.165) is 30.9 Å². The molecule has 0 aliphatic carbocycles. The maximum Gasteiger partial charge on any atom is 0.229 e. The first-order valence-corrected chi connectivity index (χ1v) is 6.68. The van der Waals surface area contributed by atoms with Gasteiger partial charge >= 0.3 is 0 Å². The van der Waals surface area contributed by atoms with Crippen molar-refractivity contribution in [2.45, 2.75) is 19.9 Å². The molecule has 0 radical (unpaired) electrons. The number of fused-ring (bicyclic) bond motifs is 1. The number of nitrogens with zero attached hydrogens (tertiary/aromatic N) is 3. The Morgan fingerprint density at radius 3 is 2.95 bits per heavy atom. The molecule has 1 aromatic carbocycles. The van der Waals surface area contributed by atoms with Crippen molar-refractivity contribution in [1.82, 2.24) is 9.97 Å². The van der Waals surface area contributed by atoms with Crippen LogP contribution in [0.3, 0.4) is 0 Å². The van der Waals surface area contributed by atoms with Crippen molar-refractivity contribution in [3.63, 3.8) is 0 Å². The molecule has 0 fully saturated rings. The molecule has 0 atom stereocenters. The summed E-state index contributed by atoms with van der Waals surface area (Å²) in [7, 11) is 1.62. The molecule has 2 heterocycles. The molecular weight excluding hydrogens is 252 g/mol. The van der Waals surface area contributed by atoms with Gasteiger partial charge in [0.05, 0.1) is 7.11 Å². The summed E-state index contributed by atoms with van der Waals surface area (Å²) < 4.78 is 5.22. The minimum atomic E-state index is 0.597. The molecule has 0 amide bonds. The second-order valence-corrected chi connectivity index (χ2v) is 5.01. The van der Waals surface area contributed by atoms with E-state index < -0.39 is 0 Å². The average molecular weight is 270 g/mol. The molecule has 5 heteroatoms. The molecule has 0 bridgehead atoms. The van der Waals surface area contributed by atoms with E-state index in [9.17, 15) is 0 Å². The first-order chi connectivity index (χ1) is 9.67. The van der Waals surface area contributed by atoms with Crippen LogP contribution >= 0.6 is 0 Å². The van der Waals surface area contributed by atoms with Gasteiger partial charge in [-0.15, -0.1) is 0 Å². The fourth-order valence-corrected chi connectivity index (χ4v) is 2.55. The summed E-state index contributed by atoms with van der Waals surface area (Å²) in [6, 6.07) is 7.92.